The second-order valence-electron chi connectivity index (χ2n) is 10.3. The molecule has 3 fully saturated rings. The first kappa shape index (κ1) is 19.4. The van der Waals surface area contributed by atoms with E-state index in [1.165, 1.54) is 64.2 Å². The molecule has 0 aliphatic heterocycles. The first-order valence-corrected chi connectivity index (χ1v) is 11.8. The Labute approximate surface area is 163 Å². The minimum Gasteiger partial charge on any atom is -0.245 e. The van der Waals surface area contributed by atoms with E-state index >= 15 is 0 Å². The van der Waals surface area contributed by atoms with Gasteiger partial charge in [0.15, 0.2) is 0 Å². The second-order valence-corrected chi connectivity index (χ2v) is 12.1. The summed E-state index contributed by atoms with van der Waals surface area (Å²) in [5.74, 6) is 3.61. The van der Waals surface area contributed by atoms with Crippen LogP contribution in [-0.4, -0.2) is 9.59 Å². The molecule has 2 heteroatoms. The maximum absolute atomic E-state index is 13.9. The summed E-state index contributed by atoms with van der Waals surface area (Å²) in [6, 6.07) is 0. The van der Waals surface area contributed by atoms with Crippen LogP contribution in [0.5, 0.6) is 0 Å². The second kappa shape index (κ2) is 7.72. The average molecular weight is 448 g/mol. The summed E-state index contributed by atoms with van der Waals surface area (Å²) >= 11 is 2.66. The van der Waals surface area contributed by atoms with Gasteiger partial charge in [-0.3, -0.25) is 0 Å². The summed E-state index contributed by atoms with van der Waals surface area (Å²) in [5.41, 5.74) is -0.242. The number of hydrogen-bond acceptors (Lipinski definition) is 0. The highest BCUT2D eigenvalue weighted by Gasteiger charge is 2.50. The third kappa shape index (κ3) is 5.33. The summed E-state index contributed by atoms with van der Waals surface area (Å²) < 4.78 is 14.8. The lowest BCUT2D eigenvalue weighted by molar-refractivity contribution is 0.114. The van der Waals surface area contributed by atoms with Gasteiger partial charge in [0, 0.05) is 3.92 Å². The van der Waals surface area contributed by atoms with E-state index in [0.29, 0.717) is 0 Å². The maximum Gasteiger partial charge on any atom is 0.105 e. The van der Waals surface area contributed by atoms with Crippen molar-refractivity contribution in [2.75, 3.05) is 0 Å². The molecule has 0 N–H and O–H groups in total. The zero-order valence-corrected chi connectivity index (χ0v) is 18.3. The van der Waals surface area contributed by atoms with Gasteiger partial charge in [-0.1, -0.05) is 29.5 Å². The molecule has 3 saturated carbocycles. The molecule has 0 radical (unpaired) electrons. The molecule has 3 atom stereocenters. The van der Waals surface area contributed by atoms with Gasteiger partial charge in [-0.05, 0) is 120 Å². The van der Waals surface area contributed by atoms with Crippen LogP contribution in [0.25, 0.3) is 0 Å². The molecule has 0 saturated heterocycles. The molecular formula is C22H38FI. The lowest BCUT2D eigenvalue weighted by Crippen LogP contribution is -2.29. The molecule has 3 aliphatic carbocycles. The highest BCUT2D eigenvalue weighted by Crippen LogP contribution is 2.61. The van der Waals surface area contributed by atoms with Crippen molar-refractivity contribution >= 4 is 22.6 Å². The van der Waals surface area contributed by atoms with Crippen molar-refractivity contribution in [3.8, 4) is 0 Å². The van der Waals surface area contributed by atoms with E-state index < -0.39 is 5.67 Å². The predicted octanol–water partition coefficient (Wildman–Crippen LogP) is 7.73. The molecule has 0 bridgehead atoms. The van der Waals surface area contributed by atoms with Crippen LogP contribution in [0.1, 0.15) is 97.8 Å². The summed E-state index contributed by atoms with van der Waals surface area (Å²) in [6.07, 6.45) is 16.5. The van der Waals surface area contributed by atoms with Gasteiger partial charge in [-0.2, -0.15) is 0 Å². The largest absolute Gasteiger partial charge is 0.245 e. The number of hydrogen-bond donors (Lipinski definition) is 0. The normalized spacial score (nSPS) is 39.6. The van der Waals surface area contributed by atoms with Gasteiger partial charge in [0.25, 0.3) is 0 Å². The van der Waals surface area contributed by atoms with E-state index in [4.69, 9.17) is 0 Å². The topological polar surface area (TPSA) is 0 Å². The molecule has 0 amide bonds. The molecule has 0 heterocycles. The fraction of sp³-hybridized carbons (Fsp3) is 1.00. The Hall–Kier alpha value is 0.660. The van der Waals surface area contributed by atoms with Gasteiger partial charge in [0.2, 0.25) is 0 Å². The summed E-state index contributed by atoms with van der Waals surface area (Å²) in [4.78, 5) is 0. The molecule has 1 unspecified atom stereocenters. The fourth-order valence-electron chi connectivity index (χ4n) is 6.03. The highest BCUT2D eigenvalue weighted by molar-refractivity contribution is 14.1. The van der Waals surface area contributed by atoms with Gasteiger partial charge in [-0.25, -0.2) is 4.39 Å². The van der Waals surface area contributed by atoms with Crippen molar-refractivity contribution in [2.24, 2.45) is 29.1 Å². The van der Waals surface area contributed by atoms with Gasteiger partial charge in [0.1, 0.15) is 5.67 Å². The SMILES string of the molecule is CC1C[C@@H](CC2(C3CCC(I)CC3)CC2)C[C@@H](CCC(C)(C)F)C1. The Morgan fingerprint density at radius 1 is 1.00 bits per heavy atom. The van der Waals surface area contributed by atoms with Gasteiger partial charge >= 0.3 is 0 Å². The molecular weight excluding hydrogens is 410 g/mol. The van der Waals surface area contributed by atoms with E-state index in [1.54, 1.807) is 13.8 Å². The Kier molecular flexibility index (Phi) is 6.25. The molecule has 0 aromatic carbocycles. The van der Waals surface area contributed by atoms with E-state index in [-0.39, 0.29) is 0 Å². The first-order chi connectivity index (χ1) is 11.3. The molecule has 0 nitrogen and oxygen atoms in total. The van der Waals surface area contributed by atoms with E-state index in [1.807, 2.05) is 0 Å². The van der Waals surface area contributed by atoms with Crippen molar-refractivity contribution in [3.05, 3.63) is 0 Å². The molecule has 140 valence electrons. The van der Waals surface area contributed by atoms with Gasteiger partial charge in [0.05, 0.1) is 0 Å². The fourth-order valence-corrected chi connectivity index (χ4v) is 6.75. The van der Waals surface area contributed by atoms with Gasteiger partial charge in [-0.15, -0.1) is 0 Å². The van der Waals surface area contributed by atoms with Crippen LogP contribution < -0.4 is 0 Å². The lowest BCUT2D eigenvalue weighted by Gasteiger charge is -2.39. The van der Waals surface area contributed by atoms with E-state index in [9.17, 15) is 4.39 Å². The lowest BCUT2D eigenvalue weighted by atomic mass is 9.67. The van der Waals surface area contributed by atoms with Crippen LogP contribution in [-0.2, 0) is 0 Å². The predicted molar refractivity (Wildman–Crippen MR) is 110 cm³/mol. The van der Waals surface area contributed by atoms with Crippen LogP contribution in [0.4, 0.5) is 4.39 Å². The highest BCUT2D eigenvalue weighted by atomic mass is 127. The smallest absolute Gasteiger partial charge is 0.105 e. The Balaban J connectivity index is 1.52. The minimum absolute atomic E-state index is 0.739. The van der Waals surface area contributed by atoms with Crippen LogP contribution in [0.2, 0.25) is 0 Å². The van der Waals surface area contributed by atoms with Crippen LogP contribution in [0.3, 0.4) is 0 Å². The standard InChI is InChI=1S/C22H38FI/c1-16-12-17(8-9-21(2,3)23)14-18(13-16)15-22(10-11-22)19-4-6-20(24)7-5-19/h16-20H,4-15H2,1-3H3/t16?,17-,18+,19?,20?/m0/s1. The molecule has 3 aliphatic rings. The first-order valence-electron chi connectivity index (χ1n) is 10.6. The minimum atomic E-state index is -0.980. The summed E-state index contributed by atoms with van der Waals surface area (Å²) in [6.45, 7) is 5.94. The Bertz CT molecular complexity index is 401. The Morgan fingerprint density at radius 2 is 1.62 bits per heavy atom. The van der Waals surface area contributed by atoms with Crippen LogP contribution >= 0.6 is 22.6 Å². The number of alkyl halides is 2. The third-order valence-electron chi connectivity index (χ3n) is 7.40. The zero-order chi connectivity index (χ0) is 17.4. The molecule has 0 spiro atoms. The Morgan fingerprint density at radius 3 is 2.21 bits per heavy atom. The van der Waals surface area contributed by atoms with Gasteiger partial charge < -0.3 is 0 Å². The van der Waals surface area contributed by atoms with E-state index in [2.05, 4.69) is 29.5 Å². The molecule has 24 heavy (non-hydrogen) atoms. The third-order valence-corrected chi connectivity index (χ3v) is 8.64. The average Bonchev–Trinajstić information content (AvgIpc) is 3.25. The van der Waals surface area contributed by atoms with Crippen molar-refractivity contribution in [3.63, 3.8) is 0 Å². The monoisotopic (exact) mass is 448 g/mol. The number of halogens is 2. The van der Waals surface area contributed by atoms with Crippen molar-refractivity contribution in [1.82, 2.24) is 0 Å². The van der Waals surface area contributed by atoms with Crippen LogP contribution in [0.15, 0.2) is 0 Å². The van der Waals surface area contributed by atoms with Crippen LogP contribution in [0, 0.1) is 29.1 Å². The molecule has 0 aromatic rings. The summed E-state index contributed by atoms with van der Waals surface area (Å²) in [7, 11) is 0. The van der Waals surface area contributed by atoms with Crippen molar-refractivity contribution < 1.29 is 4.39 Å². The summed E-state index contributed by atoms with van der Waals surface area (Å²) in [5, 5.41) is 0. The molecule has 0 aromatic heterocycles. The number of rotatable bonds is 6. The maximum atomic E-state index is 13.9. The van der Waals surface area contributed by atoms with Crippen molar-refractivity contribution in [2.45, 2.75) is 107 Å². The quantitative estimate of drug-likeness (QED) is 0.288. The van der Waals surface area contributed by atoms with Crippen molar-refractivity contribution in [1.29, 1.82) is 0 Å². The zero-order valence-electron chi connectivity index (χ0n) is 16.1. The molecule has 3 rings (SSSR count). The van der Waals surface area contributed by atoms with E-state index in [0.717, 1.165) is 45.9 Å².